The Bertz CT molecular complexity index is 834. The lowest BCUT2D eigenvalue weighted by molar-refractivity contribution is -0.112. The van der Waals surface area contributed by atoms with Gasteiger partial charge in [-0.3, -0.25) is 4.79 Å². The first-order valence-corrected chi connectivity index (χ1v) is 8.23. The molecule has 1 amide bonds. The summed E-state index contributed by atoms with van der Waals surface area (Å²) in [5, 5.41) is 12.6. The Morgan fingerprint density at radius 2 is 1.92 bits per heavy atom. The summed E-state index contributed by atoms with van der Waals surface area (Å²) in [6.07, 6.45) is 1.62. The predicted octanol–water partition coefficient (Wildman–Crippen LogP) is 4.98. The third kappa shape index (κ3) is 5.10. The Hall–Kier alpha value is -2.77. The molecule has 0 aliphatic heterocycles. The number of rotatable bonds is 5. The van der Waals surface area contributed by atoms with Crippen molar-refractivity contribution in [2.75, 3.05) is 5.32 Å². The lowest BCUT2D eigenvalue weighted by atomic mass is 10.1. The first kappa shape index (κ1) is 18.6. The molecule has 0 aliphatic rings. The van der Waals surface area contributed by atoms with Gasteiger partial charge in [0.15, 0.2) is 0 Å². The second-order valence-corrected chi connectivity index (χ2v) is 6.18. The largest absolute Gasteiger partial charge is 0.491 e. The molecule has 0 saturated heterocycles. The maximum absolute atomic E-state index is 12.4. The molecule has 1 N–H and O–H groups in total. The molecule has 128 valence electrons. The van der Waals surface area contributed by atoms with Crippen LogP contribution in [0.3, 0.4) is 0 Å². The van der Waals surface area contributed by atoms with Gasteiger partial charge in [0.1, 0.15) is 17.4 Å². The quantitative estimate of drug-likeness (QED) is 0.608. The second kappa shape index (κ2) is 8.36. The second-order valence-electron chi connectivity index (χ2n) is 5.77. The van der Waals surface area contributed by atoms with Gasteiger partial charge in [0, 0.05) is 10.7 Å². The van der Waals surface area contributed by atoms with Crippen LogP contribution < -0.4 is 10.1 Å². The molecule has 2 aromatic carbocycles. The monoisotopic (exact) mass is 354 g/mol. The van der Waals surface area contributed by atoms with E-state index in [2.05, 4.69) is 5.32 Å². The third-order valence-corrected chi connectivity index (χ3v) is 3.85. The molecular formula is C20H19ClN2O2. The fourth-order valence-corrected chi connectivity index (χ4v) is 2.34. The van der Waals surface area contributed by atoms with Crippen molar-refractivity contribution in [2.24, 2.45) is 0 Å². The summed E-state index contributed by atoms with van der Waals surface area (Å²) < 4.78 is 5.57. The fourth-order valence-electron chi connectivity index (χ4n) is 2.16. The van der Waals surface area contributed by atoms with Crippen LogP contribution in [0.25, 0.3) is 6.08 Å². The third-order valence-electron chi connectivity index (χ3n) is 3.44. The Morgan fingerprint density at radius 1 is 1.24 bits per heavy atom. The van der Waals surface area contributed by atoms with Crippen LogP contribution in [0.2, 0.25) is 5.02 Å². The Kier molecular flexibility index (Phi) is 6.21. The Labute approximate surface area is 152 Å². The van der Waals surface area contributed by atoms with Gasteiger partial charge in [0.2, 0.25) is 0 Å². The summed E-state index contributed by atoms with van der Waals surface area (Å²) in [5.41, 5.74) is 2.09. The Morgan fingerprint density at radius 3 is 2.52 bits per heavy atom. The molecule has 0 radical (unpaired) electrons. The average Bonchev–Trinajstić information content (AvgIpc) is 2.57. The van der Waals surface area contributed by atoms with Crippen LogP contribution >= 0.6 is 11.6 Å². The van der Waals surface area contributed by atoms with Crippen LogP contribution in [-0.4, -0.2) is 12.0 Å². The van der Waals surface area contributed by atoms with E-state index in [0.717, 1.165) is 16.9 Å². The van der Waals surface area contributed by atoms with Gasteiger partial charge >= 0.3 is 0 Å². The maximum Gasteiger partial charge on any atom is 0.266 e. The van der Waals surface area contributed by atoms with Crippen LogP contribution in [0.15, 0.2) is 48.0 Å². The van der Waals surface area contributed by atoms with E-state index < -0.39 is 5.91 Å². The molecule has 2 rings (SSSR count). The first-order chi connectivity index (χ1) is 11.9. The number of nitrogens with zero attached hydrogens (tertiary/aromatic N) is 1. The normalized spacial score (nSPS) is 11.1. The van der Waals surface area contributed by atoms with Gasteiger partial charge in [-0.15, -0.1) is 0 Å². The SMILES string of the molecule is Cc1c(Cl)cccc1NC(=O)/C(C#N)=C/c1ccc(OC(C)C)cc1. The highest BCUT2D eigenvalue weighted by molar-refractivity contribution is 6.31. The lowest BCUT2D eigenvalue weighted by Gasteiger charge is -2.10. The molecule has 0 bridgehead atoms. The van der Waals surface area contributed by atoms with Crippen molar-refractivity contribution in [3.8, 4) is 11.8 Å². The zero-order valence-corrected chi connectivity index (χ0v) is 15.1. The summed E-state index contributed by atoms with van der Waals surface area (Å²) in [5.74, 6) is 0.264. The van der Waals surface area contributed by atoms with Crippen molar-refractivity contribution in [3.05, 3.63) is 64.2 Å². The molecule has 0 heterocycles. The fraction of sp³-hybridized carbons (Fsp3) is 0.200. The molecular weight excluding hydrogens is 336 g/mol. The van der Waals surface area contributed by atoms with Gasteiger partial charge in [-0.05, 0) is 62.2 Å². The number of ether oxygens (including phenoxy) is 1. The van der Waals surface area contributed by atoms with Crippen LogP contribution in [0.1, 0.15) is 25.0 Å². The number of amides is 1. The number of halogens is 1. The molecule has 25 heavy (non-hydrogen) atoms. The minimum Gasteiger partial charge on any atom is -0.491 e. The number of hydrogen-bond acceptors (Lipinski definition) is 3. The number of nitrogens with one attached hydrogen (secondary N) is 1. The topological polar surface area (TPSA) is 62.1 Å². The zero-order chi connectivity index (χ0) is 18.4. The summed E-state index contributed by atoms with van der Waals surface area (Å²) in [6, 6.07) is 14.4. The van der Waals surface area contributed by atoms with Gasteiger partial charge in [0.05, 0.1) is 6.10 Å². The molecule has 5 heteroatoms. The average molecular weight is 355 g/mol. The molecule has 2 aromatic rings. The maximum atomic E-state index is 12.4. The van der Waals surface area contributed by atoms with E-state index in [0.29, 0.717) is 10.7 Å². The minimum atomic E-state index is -0.477. The molecule has 0 aliphatic carbocycles. The van der Waals surface area contributed by atoms with Crippen molar-refractivity contribution in [3.63, 3.8) is 0 Å². The lowest BCUT2D eigenvalue weighted by Crippen LogP contribution is -2.14. The minimum absolute atomic E-state index is 0.0110. The van der Waals surface area contributed by atoms with Crippen molar-refractivity contribution in [1.82, 2.24) is 0 Å². The molecule has 0 atom stereocenters. The molecule has 0 saturated carbocycles. The summed E-state index contributed by atoms with van der Waals surface area (Å²) in [6.45, 7) is 5.70. The molecule has 0 fully saturated rings. The van der Waals surface area contributed by atoms with Gasteiger partial charge < -0.3 is 10.1 Å². The number of carbonyl (C=O) groups excluding carboxylic acids is 1. The number of hydrogen-bond donors (Lipinski definition) is 1. The van der Waals surface area contributed by atoms with Crippen molar-refractivity contribution >= 4 is 29.3 Å². The zero-order valence-electron chi connectivity index (χ0n) is 14.3. The van der Waals surface area contributed by atoms with Gasteiger partial charge in [-0.2, -0.15) is 5.26 Å². The van der Waals surface area contributed by atoms with Crippen molar-refractivity contribution in [2.45, 2.75) is 26.9 Å². The smallest absolute Gasteiger partial charge is 0.266 e. The number of anilines is 1. The molecule has 0 spiro atoms. The highest BCUT2D eigenvalue weighted by atomic mass is 35.5. The summed E-state index contributed by atoms with van der Waals surface area (Å²) in [7, 11) is 0. The van der Waals surface area contributed by atoms with Crippen LogP contribution in [0.5, 0.6) is 5.75 Å². The standard InChI is InChI=1S/C20H19ClN2O2/c1-13(2)25-17-9-7-15(8-10-17)11-16(12-22)20(24)23-19-6-4-5-18(21)14(19)3/h4-11,13H,1-3H3,(H,23,24)/b16-11+. The number of carbonyl (C=O) groups is 1. The van der Waals surface area contributed by atoms with E-state index in [4.69, 9.17) is 16.3 Å². The van der Waals surface area contributed by atoms with E-state index in [-0.39, 0.29) is 11.7 Å². The van der Waals surface area contributed by atoms with Crippen LogP contribution in [0, 0.1) is 18.3 Å². The van der Waals surface area contributed by atoms with E-state index in [1.165, 1.54) is 6.08 Å². The number of benzene rings is 2. The van der Waals surface area contributed by atoms with Gasteiger partial charge in [-0.1, -0.05) is 29.8 Å². The number of nitriles is 1. The summed E-state index contributed by atoms with van der Waals surface area (Å²) >= 11 is 6.05. The predicted molar refractivity (Wildman–Crippen MR) is 101 cm³/mol. The van der Waals surface area contributed by atoms with Gasteiger partial charge in [-0.25, -0.2) is 0 Å². The van der Waals surface area contributed by atoms with Crippen LogP contribution in [-0.2, 0) is 4.79 Å². The van der Waals surface area contributed by atoms with E-state index in [1.54, 1.807) is 49.4 Å². The Balaban J connectivity index is 2.18. The van der Waals surface area contributed by atoms with Crippen molar-refractivity contribution in [1.29, 1.82) is 5.26 Å². The summed E-state index contributed by atoms with van der Waals surface area (Å²) in [4.78, 5) is 12.4. The highest BCUT2D eigenvalue weighted by Crippen LogP contribution is 2.23. The first-order valence-electron chi connectivity index (χ1n) is 7.85. The molecule has 0 unspecified atom stereocenters. The van der Waals surface area contributed by atoms with Crippen LogP contribution in [0.4, 0.5) is 5.69 Å². The van der Waals surface area contributed by atoms with E-state index in [9.17, 15) is 10.1 Å². The van der Waals surface area contributed by atoms with E-state index >= 15 is 0 Å². The van der Waals surface area contributed by atoms with Crippen molar-refractivity contribution < 1.29 is 9.53 Å². The molecule has 4 nitrogen and oxygen atoms in total. The molecule has 0 aromatic heterocycles. The van der Waals surface area contributed by atoms with E-state index in [1.807, 2.05) is 19.9 Å². The van der Waals surface area contributed by atoms with Gasteiger partial charge in [0.25, 0.3) is 5.91 Å². The highest BCUT2D eigenvalue weighted by Gasteiger charge is 2.12.